The molecule has 0 bridgehead atoms. The summed E-state index contributed by atoms with van der Waals surface area (Å²) in [5.74, 6) is 0. The fourth-order valence-corrected chi connectivity index (χ4v) is 3.90. The van der Waals surface area contributed by atoms with E-state index < -0.39 is 0 Å². The number of hydrogen-bond acceptors (Lipinski definition) is 2. The SMILES string of the molecule is CCC1(CNC(C)c2ccc(Cl)s2)CCCC1. The molecule has 1 aliphatic carbocycles. The van der Waals surface area contributed by atoms with Crippen molar-refractivity contribution in [3.8, 4) is 0 Å². The Labute approximate surface area is 114 Å². The summed E-state index contributed by atoms with van der Waals surface area (Å²) in [6.45, 7) is 5.72. The lowest BCUT2D eigenvalue weighted by Crippen LogP contribution is -2.33. The second-order valence-electron chi connectivity index (χ2n) is 5.31. The Morgan fingerprint density at radius 2 is 2.12 bits per heavy atom. The van der Waals surface area contributed by atoms with Crippen molar-refractivity contribution in [2.24, 2.45) is 5.41 Å². The van der Waals surface area contributed by atoms with E-state index in [-0.39, 0.29) is 0 Å². The van der Waals surface area contributed by atoms with Crippen LogP contribution in [-0.4, -0.2) is 6.54 Å². The Morgan fingerprint density at radius 1 is 1.41 bits per heavy atom. The third-order valence-corrected chi connectivity index (χ3v) is 5.63. The summed E-state index contributed by atoms with van der Waals surface area (Å²) < 4.78 is 0.889. The molecule has 0 spiro atoms. The molecule has 3 heteroatoms. The molecule has 17 heavy (non-hydrogen) atoms. The van der Waals surface area contributed by atoms with Crippen LogP contribution < -0.4 is 5.32 Å². The van der Waals surface area contributed by atoms with Gasteiger partial charge in [-0.15, -0.1) is 11.3 Å². The molecule has 1 N–H and O–H groups in total. The Morgan fingerprint density at radius 3 is 2.65 bits per heavy atom. The molecule has 1 aromatic rings. The van der Waals surface area contributed by atoms with Gasteiger partial charge in [0.1, 0.15) is 0 Å². The summed E-state index contributed by atoms with van der Waals surface area (Å²) >= 11 is 7.66. The molecule has 1 saturated carbocycles. The average Bonchev–Trinajstić information content (AvgIpc) is 2.95. The maximum atomic E-state index is 5.98. The molecule has 1 aromatic heterocycles. The molecule has 0 aliphatic heterocycles. The molecule has 0 radical (unpaired) electrons. The first-order valence-corrected chi connectivity index (χ1v) is 7.83. The maximum Gasteiger partial charge on any atom is 0.0931 e. The van der Waals surface area contributed by atoms with Crippen molar-refractivity contribution < 1.29 is 0 Å². The van der Waals surface area contributed by atoms with Gasteiger partial charge in [0.25, 0.3) is 0 Å². The first-order chi connectivity index (χ1) is 8.15. The van der Waals surface area contributed by atoms with Gasteiger partial charge in [0.15, 0.2) is 0 Å². The zero-order valence-corrected chi connectivity index (χ0v) is 12.3. The van der Waals surface area contributed by atoms with Crippen LogP contribution in [-0.2, 0) is 0 Å². The normalized spacial score (nSPS) is 20.6. The molecule has 1 fully saturated rings. The standard InChI is InChI=1S/C14H22ClNS/c1-3-14(8-4-5-9-14)10-16-11(2)12-6-7-13(15)17-12/h6-7,11,16H,3-5,8-10H2,1-2H3. The maximum absolute atomic E-state index is 5.98. The Hall–Kier alpha value is -0.0500. The van der Waals surface area contributed by atoms with Gasteiger partial charge in [-0.05, 0) is 43.7 Å². The Balaban J connectivity index is 1.89. The molecule has 1 nitrogen and oxygen atoms in total. The minimum absolute atomic E-state index is 0.427. The average molecular weight is 272 g/mol. The van der Waals surface area contributed by atoms with Gasteiger partial charge in [-0.2, -0.15) is 0 Å². The van der Waals surface area contributed by atoms with Crippen LogP contribution >= 0.6 is 22.9 Å². The van der Waals surface area contributed by atoms with Crippen molar-refractivity contribution in [1.29, 1.82) is 0 Å². The molecule has 0 aromatic carbocycles. The number of hydrogen-bond donors (Lipinski definition) is 1. The molecule has 96 valence electrons. The van der Waals surface area contributed by atoms with Gasteiger partial charge in [-0.3, -0.25) is 0 Å². The van der Waals surface area contributed by atoms with Crippen LogP contribution in [0.15, 0.2) is 12.1 Å². The van der Waals surface area contributed by atoms with Crippen LogP contribution in [0.5, 0.6) is 0 Å². The van der Waals surface area contributed by atoms with Crippen LogP contribution in [0, 0.1) is 5.41 Å². The van der Waals surface area contributed by atoms with Crippen molar-refractivity contribution >= 4 is 22.9 Å². The van der Waals surface area contributed by atoms with Gasteiger partial charge >= 0.3 is 0 Å². The Bertz CT molecular complexity index is 355. The first kappa shape index (κ1) is 13.4. The number of nitrogens with one attached hydrogen (secondary N) is 1. The molecular weight excluding hydrogens is 250 g/mol. The lowest BCUT2D eigenvalue weighted by Gasteiger charge is -2.29. The van der Waals surface area contributed by atoms with E-state index in [2.05, 4.69) is 25.2 Å². The molecule has 1 unspecified atom stereocenters. The van der Waals surface area contributed by atoms with Crippen molar-refractivity contribution in [3.63, 3.8) is 0 Å². The van der Waals surface area contributed by atoms with E-state index in [0.717, 1.165) is 10.9 Å². The van der Waals surface area contributed by atoms with Crippen LogP contribution in [0.2, 0.25) is 4.34 Å². The molecule has 0 amide bonds. The van der Waals surface area contributed by atoms with E-state index in [9.17, 15) is 0 Å². The summed E-state index contributed by atoms with van der Waals surface area (Å²) in [4.78, 5) is 1.35. The molecule has 1 atom stereocenters. The highest BCUT2D eigenvalue weighted by Crippen LogP contribution is 2.40. The summed E-state index contributed by atoms with van der Waals surface area (Å²) in [6.07, 6.45) is 6.92. The third kappa shape index (κ3) is 3.24. The summed E-state index contributed by atoms with van der Waals surface area (Å²) in [5, 5.41) is 3.70. The fraction of sp³-hybridized carbons (Fsp3) is 0.714. The van der Waals surface area contributed by atoms with Gasteiger partial charge in [0.2, 0.25) is 0 Å². The highest BCUT2D eigenvalue weighted by atomic mass is 35.5. The predicted molar refractivity (Wildman–Crippen MR) is 76.9 cm³/mol. The summed E-state index contributed by atoms with van der Waals surface area (Å²) in [7, 11) is 0. The quantitative estimate of drug-likeness (QED) is 0.793. The van der Waals surface area contributed by atoms with Gasteiger partial charge in [-0.1, -0.05) is 31.4 Å². The van der Waals surface area contributed by atoms with Gasteiger partial charge in [-0.25, -0.2) is 0 Å². The van der Waals surface area contributed by atoms with Crippen molar-refractivity contribution in [3.05, 3.63) is 21.3 Å². The zero-order chi connectivity index (χ0) is 12.3. The van der Waals surface area contributed by atoms with E-state index in [1.807, 2.05) is 6.07 Å². The minimum Gasteiger partial charge on any atom is -0.309 e. The van der Waals surface area contributed by atoms with Crippen LogP contribution in [0.3, 0.4) is 0 Å². The van der Waals surface area contributed by atoms with E-state index >= 15 is 0 Å². The summed E-state index contributed by atoms with van der Waals surface area (Å²) in [6, 6.07) is 4.56. The topological polar surface area (TPSA) is 12.0 Å². The van der Waals surface area contributed by atoms with Crippen LogP contribution in [0.25, 0.3) is 0 Å². The molecule has 0 saturated heterocycles. The van der Waals surface area contributed by atoms with Crippen molar-refractivity contribution in [1.82, 2.24) is 5.32 Å². The lowest BCUT2D eigenvalue weighted by atomic mass is 9.83. The van der Waals surface area contributed by atoms with E-state index in [1.165, 1.54) is 37.0 Å². The monoisotopic (exact) mass is 271 g/mol. The number of thiophene rings is 1. The highest BCUT2D eigenvalue weighted by molar-refractivity contribution is 7.16. The van der Waals surface area contributed by atoms with Gasteiger partial charge < -0.3 is 5.32 Å². The van der Waals surface area contributed by atoms with Crippen LogP contribution in [0.1, 0.15) is 56.9 Å². The molecule has 1 aliphatic rings. The molecule has 2 rings (SSSR count). The lowest BCUT2D eigenvalue weighted by molar-refractivity contribution is 0.259. The molecule has 1 heterocycles. The summed E-state index contributed by atoms with van der Waals surface area (Å²) in [5.41, 5.74) is 0.565. The largest absolute Gasteiger partial charge is 0.309 e. The van der Waals surface area contributed by atoms with Crippen molar-refractivity contribution in [2.75, 3.05) is 6.54 Å². The van der Waals surface area contributed by atoms with E-state index in [0.29, 0.717) is 11.5 Å². The smallest absolute Gasteiger partial charge is 0.0931 e. The second kappa shape index (κ2) is 5.73. The Kier molecular flexibility index (Phi) is 4.51. The van der Waals surface area contributed by atoms with Crippen LogP contribution in [0.4, 0.5) is 0 Å². The second-order valence-corrected chi connectivity index (χ2v) is 7.05. The van der Waals surface area contributed by atoms with Crippen molar-refractivity contribution in [2.45, 2.75) is 52.0 Å². The minimum atomic E-state index is 0.427. The van der Waals surface area contributed by atoms with Gasteiger partial charge in [0, 0.05) is 17.5 Å². The molecular formula is C14H22ClNS. The first-order valence-electron chi connectivity index (χ1n) is 6.64. The highest BCUT2D eigenvalue weighted by Gasteiger charge is 2.31. The number of halogens is 1. The third-order valence-electron chi connectivity index (χ3n) is 4.22. The fourth-order valence-electron chi connectivity index (χ4n) is 2.81. The predicted octanol–water partition coefficient (Wildman–Crippen LogP) is 5.02. The van der Waals surface area contributed by atoms with E-state index in [1.54, 1.807) is 11.3 Å². The number of rotatable bonds is 5. The zero-order valence-electron chi connectivity index (χ0n) is 10.8. The van der Waals surface area contributed by atoms with Gasteiger partial charge in [0.05, 0.1) is 4.34 Å². The van der Waals surface area contributed by atoms with E-state index in [4.69, 9.17) is 11.6 Å².